The number of amides is 2. The summed E-state index contributed by atoms with van der Waals surface area (Å²) in [7, 11) is 1.53. The fraction of sp³-hybridized carbons (Fsp3) is 0.385. The SMILES string of the molecule is COCCNC(=O)C(C)NC(=O)c1cc(Cl)ccc1O. The van der Waals surface area contributed by atoms with Crippen LogP contribution in [-0.2, 0) is 9.53 Å². The van der Waals surface area contributed by atoms with Crippen LogP contribution in [0, 0.1) is 0 Å². The van der Waals surface area contributed by atoms with Crippen molar-refractivity contribution in [1.82, 2.24) is 10.6 Å². The van der Waals surface area contributed by atoms with Gasteiger partial charge in [-0.05, 0) is 25.1 Å². The zero-order valence-corrected chi connectivity index (χ0v) is 12.0. The number of phenolic OH excluding ortho intramolecular Hbond substituents is 1. The average Bonchev–Trinajstić information content (AvgIpc) is 2.41. The number of rotatable bonds is 6. The van der Waals surface area contributed by atoms with E-state index in [4.69, 9.17) is 16.3 Å². The molecule has 2 amide bonds. The van der Waals surface area contributed by atoms with Gasteiger partial charge in [0.25, 0.3) is 5.91 Å². The highest BCUT2D eigenvalue weighted by Crippen LogP contribution is 2.21. The van der Waals surface area contributed by atoms with Crippen LogP contribution in [0.1, 0.15) is 17.3 Å². The molecule has 3 N–H and O–H groups in total. The van der Waals surface area contributed by atoms with Gasteiger partial charge >= 0.3 is 0 Å². The van der Waals surface area contributed by atoms with Crippen molar-refractivity contribution in [2.45, 2.75) is 13.0 Å². The van der Waals surface area contributed by atoms with Gasteiger partial charge in [-0.25, -0.2) is 0 Å². The van der Waals surface area contributed by atoms with Crippen molar-refractivity contribution >= 4 is 23.4 Å². The Hall–Kier alpha value is -1.79. The van der Waals surface area contributed by atoms with Gasteiger partial charge in [-0.2, -0.15) is 0 Å². The fourth-order valence-electron chi connectivity index (χ4n) is 1.46. The van der Waals surface area contributed by atoms with Crippen molar-refractivity contribution in [3.05, 3.63) is 28.8 Å². The van der Waals surface area contributed by atoms with E-state index in [1.54, 1.807) is 6.92 Å². The summed E-state index contributed by atoms with van der Waals surface area (Å²) in [6.07, 6.45) is 0. The van der Waals surface area contributed by atoms with Crippen LogP contribution in [0.2, 0.25) is 5.02 Å². The predicted molar refractivity (Wildman–Crippen MR) is 74.9 cm³/mol. The number of benzene rings is 1. The van der Waals surface area contributed by atoms with Gasteiger partial charge in [0.15, 0.2) is 0 Å². The molecule has 0 saturated heterocycles. The van der Waals surface area contributed by atoms with E-state index in [9.17, 15) is 14.7 Å². The molecule has 1 unspecified atom stereocenters. The first-order chi connectivity index (χ1) is 9.45. The van der Waals surface area contributed by atoms with E-state index in [0.717, 1.165) is 0 Å². The summed E-state index contributed by atoms with van der Waals surface area (Å²) in [6, 6.07) is 3.38. The van der Waals surface area contributed by atoms with Gasteiger partial charge in [0.1, 0.15) is 11.8 Å². The van der Waals surface area contributed by atoms with Gasteiger partial charge in [-0.15, -0.1) is 0 Å². The highest BCUT2D eigenvalue weighted by atomic mass is 35.5. The molecule has 0 aromatic heterocycles. The Bertz CT molecular complexity index is 493. The van der Waals surface area contributed by atoms with Crippen molar-refractivity contribution in [3.8, 4) is 5.75 Å². The quantitative estimate of drug-likeness (QED) is 0.682. The molecular weight excluding hydrogens is 284 g/mol. The van der Waals surface area contributed by atoms with Crippen molar-refractivity contribution < 1.29 is 19.4 Å². The minimum Gasteiger partial charge on any atom is -0.507 e. The van der Waals surface area contributed by atoms with Gasteiger partial charge in [-0.1, -0.05) is 11.6 Å². The zero-order valence-electron chi connectivity index (χ0n) is 11.3. The summed E-state index contributed by atoms with van der Waals surface area (Å²) >= 11 is 5.76. The van der Waals surface area contributed by atoms with Gasteiger partial charge in [0.2, 0.25) is 5.91 Å². The molecule has 0 aliphatic carbocycles. The maximum Gasteiger partial charge on any atom is 0.255 e. The molecule has 1 atom stereocenters. The summed E-state index contributed by atoms with van der Waals surface area (Å²) in [6.45, 7) is 2.29. The molecule has 0 heterocycles. The molecule has 1 rings (SSSR count). The molecule has 0 aliphatic rings. The van der Waals surface area contributed by atoms with E-state index in [1.165, 1.54) is 25.3 Å². The topological polar surface area (TPSA) is 87.7 Å². The number of phenols is 1. The number of ether oxygens (including phenoxy) is 1. The minimum atomic E-state index is -0.738. The standard InChI is InChI=1S/C13H17ClN2O4/c1-8(12(18)15-5-6-20-2)16-13(19)10-7-9(14)3-4-11(10)17/h3-4,7-8,17H,5-6H2,1-2H3,(H,15,18)(H,16,19). The van der Waals surface area contributed by atoms with Gasteiger partial charge in [-0.3, -0.25) is 9.59 Å². The van der Waals surface area contributed by atoms with E-state index in [-0.39, 0.29) is 17.2 Å². The zero-order chi connectivity index (χ0) is 15.1. The van der Waals surface area contributed by atoms with Crippen LogP contribution in [0.5, 0.6) is 5.75 Å². The number of hydrogen-bond acceptors (Lipinski definition) is 4. The lowest BCUT2D eigenvalue weighted by molar-refractivity contribution is -0.122. The van der Waals surface area contributed by atoms with E-state index in [2.05, 4.69) is 10.6 Å². The lowest BCUT2D eigenvalue weighted by Crippen LogP contribution is -2.45. The molecule has 1 aromatic carbocycles. The third-order valence-electron chi connectivity index (χ3n) is 2.55. The Morgan fingerprint density at radius 2 is 2.15 bits per heavy atom. The lowest BCUT2D eigenvalue weighted by Gasteiger charge is -2.14. The Kier molecular flexibility index (Phi) is 6.27. The van der Waals surface area contributed by atoms with Gasteiger partial charge < -0.3 is 20.5 Å². The average molecular weight is 301 g/mol. The van der Waals surface area contributed by atoms with Crippen LogP contribution in [0.25, 0.3) is 0 Å². The molecule has 0 fully saturated rings. The number of aromatic hydroxyl groups is 1. The molecule has 0 aliphatic heterocycles. The Morgan fingerprint density at radius 3 is 2.80 bits per heavy atom. The second-order valence-corrected chi connectivity index (χ2v) is 4.58. The third-order valence-corrected chi connectivity index (χ3v) is 2.78. The normalized spacial score (nSPS) is 11.8. The molecule has 110 valence electrons. The Morgan fingerprint density at radius 1 is 1.45 bits per heavy atom. The Balaban J connectivity index is 2.61. The summed E-state index contributed by atoms with van der Waals surface area (Å²) < 4.78 is 4.80. The lowest BCUT2D eigenvalue weighted by atomic mass is 10.1. The van der Waals surface area contributed by atoms with E-state index < -0.39 is 11.9 Å². The third kappa shape index (κ3) is 4.71. The molecule has 6 nitrogen and oxygen atoms in total. The van der Waals surface area contributed by atoms with Crippen LogP contribution in [0.4, 0.5) is 0 Å². The highest BCUT2D eigenvalue weighted by Gasteiger charge is 2.18. The number of carbonyl (C=O) groups is 2. The minimum absolute atomic E-state index is 0.0223. The molecule has 0 radical (unpaired) electrons. The molecule has 7 heteroatoms. The van der Waals surface area contributed by atoms with Crippen LogP contribution >= 0.6 is 11.6 Å². The molecule has 0 bridgehead atoms. The number of methoxy groups -OCH3 is 1. The van der Waals surface area contributed by atoms with Crippen LogP contribution in [0.15, 0.2) is 18.2 Å². The second-order valence-electron chi connectivity index (χ2n) is 4.14. The van der Waals surface area contributed by atoms with Crippen molar-refractivity contribution in [3.63, 3.8) is 0 Å². The fourth-order valence-corrected chi connectivity index (χ4v) is 1.63. The first-order valence-corrected chi connectivity index (χ1v) is 6.39. The van der Waals surface area contributed by atoms with E-state index in [1.807, 2.05) is 0 Å². The Labute approximate surface area is 122 Å². The maximum absolute atomic E-state index is 11.9. The number of nitrogens with one attached hydrogen (secondary N) is 2. The number of carbonyl (C=O) groups excluding carboxylic acids is 2. The number of halogens is 1. The summed E-state index contributed by atoms with van der Waals surface area (Å²) in [5.74, 6) is -1.10. The van der Waals surface area contributed by atoms with E-state index in [0.29, 0.717) is 18.2 Å². The second kappa shape index (κ2) is 7.72. The molecule has 20 heavy (non-hydrogen) atoms. The summed E-state index contributed by atoms with van der Waals surface area (Å²) in [5, 5.41) is 15.0. The van der Waals surface area contributed by atoms with Crippen molar-refractivity contribution in [1.29, 1.82) is 0 Å². The van der Waals surface area contributed by atoms with E-state index >= 15 is 0 Å². The molecule has 0 saturated carbocycles. The maximum atomic E-state index is 11.9. The smallest absolute Gasteiger partial charge is 0.255 e. The van der Waals surface area contributed by atoms with Gasteiger partial charge in [0, 0.05) is 18.7 Å². The monoisotopic (exact) mass is 300 g/mol. The first-order valence-electron chi connectivity index (χ1n) is 6.01. The summed E-state index contributed by atoms with van der Waals surface area (Å²) in [5.41, 5.74) is 0.0223. The van der Waals surface area contributed by atoms with Crippen molar-refractivity contribution in [2.75, 3.05) is 20.3 Å². The van der Waals surface area contributed by atoms with Crippen LogP contribution in [0.3, 0.4) is 0 Å². The number of hydrogen-bond donors (Lipinski definition) is 3. The van der Waals surface area contributed by atoms with Crippen molar-refractivity contribution in [2.24, 2.45) is 0 Å². The van der Waals surface area contributed by atoms with Crippen LogP contribution < -0.4 is 10.6 Å². The molecule has 0 spiro atoms. The largest absolute Gasteiger partial charge is 0.507 e. The molecule has 1 aromatic rings. The highest BCUT2D eigenvalue weighted by molar-refractivity contribution is 6.31. The summed E-state index contributed by atoms with van der Waals surface area (Å²) in [4.78, 5) is 23.6. The van der Waals surface area contributed by atoms with Gasteiger partial charge in [0.05, 0.1) is 12.2 Å². The predicted octanol–water partition coefficient (Wildman–Crippen LogP) is 0.926. The first kappa shape index (κ1) is 16.3. The van der Waals surface area contributed by atoms with Crippen LogP contribution in [-0.4, -0.2) is 43.2 Å². The molecular formula is C13H17ClN2O4.